The number of nitrogens with zero attached hydrogens (tertiary/aromatic N) is 1. The number of nitrogens with one attached hydrogen (secondary N) is 1. The topological polar surface area (TPSA) is 105 Å². The van der Waals surface area contributed by atoms with E-state index in [0.29, 0.717) is 23.9 Å². The van der Waals surface area contributed by atoms with Gasteiger partial charge in [0.15, 0.2) is 0 Å². The van der Waals surface area contributed by atoms with Gasteiger partial charge in [0, 0.05) is 6.42 Å². The molecule has 0 aromatic carbocycles. The quantitative estimate of drug-likeness (QED) is 0.0245. The van der Waals surface area contributed by atoms with Gasteiger partial charge in [0.25, 0.3) is 0 Å². The van der Waals surface area contributed by atoms with Crippen molar-refractivity contribution in [2.45, 2.75) is 180 Å². The van der Waals surface area contributed by atoms with Crippen LogP contribution in [0.15, 0.2) is 97.2 Å². The Morgan fingerprint density at radius 2 is 1.02 bits per heavy atom. The Hall–Kier alpha value is -2.58. The summed E-state index contributed by atoms with van der Waals surface area (Å²) in [7, 11) is 1.50. The van der Waals surface area contributed by atoms with Crippen LogP contribution in [-0.4, -0.2) is 73.4 Å². The normalized spacial score (nSPS) is 15.1. The van der Waals surface area contributed by atoms with E-state index in [1.165, 1.54) is 64.2 Å². The van der Waals surface area contributed by atoms with Crippen LogP contribution in [-0.2, 0) is 18.4 Å². The number of phosphoric ester groups is 1. The number of aliphatic hydroxyl groups is 1. The fourth-order valence-electron chi connectivity index (χ4n) is 6.04. The maximum atomic E-state index is 12.9. The summed E-state index contributed by atoms with van der Waals surface area (Å²) >= 11 is 0. The number of quaternary nitrogens is 1. The summed E-state index contributed by atoms with van der Waals surface area (Å²) in [5, 5.41) is 13.8. The molecule has 0 spiro atoms. The fraction of sp³-hybridized carbons (Fsp3) is 0.667. The van der Waals surface area contributed by atoms with Crippen molar-refractivity contribution in [3.8, 4) is 0 Å². The third-order valence-corrected chi connectivity index (χ3v) is 10.7. The molecule has 0 fully saturated rings. The third kappa shape index (κ3) is 43.5. The summed E-state index contributed by atoms with van der Waals surface area (Å²) in [5.41, 5.74) is 0. The van der Waals surface area contributed by atoms with E-state index >= 15 is 0 Å². The minimum atomic E-state index is -4.37. The average molecular weight is 858 g/mol. The molecule has 3 unspecified atom stereocenters. The van der Waals surface area contributed by atoms with E-state index in [0.717, 1.165) is 77.0 Å². The number of phosphoric acid groups is 1. The molecule has 0 bridgehead atoms. The highest BCUT2D eigenvalue weighted by Gasteiger charge is 2.27. The van der Waals surface area contributed by atoms with Crippen LogP contribution in [0.1, 0.15) is 168 Å². The van der Waals surface area contributed by atoms with Crippen LogP contribution in [0.25, 0.3) is 0 Å². The second-order valence-electron chi connectivity index (χ2n) is 16.7. The lowest BCUT2D eigenvalue weighted by molar-refractivity contribution is -0.870. The van der Waals surface area contributed by atoms with Crippen LogP contribution < -0.4 is 5.32 Å². The number of aliphatic hydroxyl groups excluding tert-OH is 1. The molecule has 0 saturated heterocycles. The first-order chi connectivity index (χ1) is 29.0. The molecule has 1 amide bonds. The van der Waals surface area contributed by atoms with Gasteiger partial charge in [0.05, 0.1) is 39.9 Å². The minimum absolute atomic E-state index is 0.0412. The first-order valence-electron chi connectivity index (χ1n) is 23.6. The molecule has 0 aliphatic heterocycles. The number of carbonyl (C=O) groups is 1. The van der Waals surface area contributed by atoms with Crippen LogP contribution in [0.4, 0.5) is 0 Å². The lowest BCUT2D eigenvalue weighted by Crippen LogP contribution is -2.45. The summed E-state index contributed by atoms with van der Waals surface area (Å²) in [6.45, 7) is 4.62. The van der Waals surface area contributed by atoms with Gasteiger partial charge < -0.3 is 19.8 Å². The molecular weight excluding hydrogens is 768 g/mol. The molecule has 0 aliphatic rings. The first kappa shape index (κ1) is 57.4. The number of carbonyl (C=O) groups excluding carboxylic acids is 1. The number of hydrogen-bond acceptors (Lipinski definition) is 5. The Labute approximate surface area is 369 Å². The van der Waals surface area contributed by atoms with E-state index in [1.54, 1.807) is 6.08 Å². The standard InChI is InChI=1S/C51H89N2O6P/c1-6-8-10-12-14-16-18-20-22-24-26-28-30-32-34-36-38-40-42-44-50(54)49(48-59-60(56,57)58-47-46-53(3,4)5)52-51(55)45-43-41-39-37-35-33-31-29-27-25-23-21-19-17-15-13-11-9-7-2/h9,11,15,17,21,23,26-29,33-36,42,44,49-50,54H,6-8,10,12-14,16,18-20,22,24-25,30-32,37-41,43,45-48H2,1-5H3,(H-,52,55,56,57)/p+1/b11-9-,17-15-,23-21-,28-26+,29-27-,35-33-,36-34+,44-42+. The summed E-state index contributed by atoms with van der Waals surface area (Å²) in [6.07, 6.45) is 59.1. The lowest BCUT2D eigenvalue weighted by Gasteiger charge is -2.25. The summed E-state index contributed by atoms with van der Waals surface area (Å²) in [4.78, 5) is 23.1. The van der Waals surface area contributed by atoms with Crippen molar-refractivity contribution in [2.75, 3.05) is 40.9 Å². The van der Waals surface area contributed by atoms with Crippen molar-refractivity contribution in [1.82, 2.24) is 5.32 Å². The zero-order chi connectivity index (χ0) is 44.3. The molecule has 9 heteroatoms. The summed E-state index contributed by atoms with van der Waals surface area (Å²) in [6, 6.07) is -0.893. The highest BCUT2D eigenvalue weighted by atomic mass is 31.2. The van der Waals surface area contributed by atoms with Crippen LogP contribution >= 0.6 is 7.82 Å². The molecule has 60 heavy (non-hydrogen) atoms. The van der Waals surface area contributed by atoms with Crippen molar-refractivity contribution in [3.63, 3.8) is 0 Å². The number of rotatable bonds is 41. The van der Waals surface area contributed by atoms with Crippen molar-refractivity contribution in [3.05, 3.63) is 97.2 Å². The van der Waals surface area contributed by atoms with Gasteiger partial charge in [-0.1, -0.05) is 169 Å². The SMILES string of the molecule is CC/C=C\C/C=C\C/C=C\C/C=C\C/C=C\CCCCCC(=O)NC(COP(=O)(O)OCC[N+](C)(C)C)C(O)/C=C/CC/C=C/CC/C=C/CCCCCCCCCCC. The molecule has 0 aromatic heterocycles. The Bertz CT molecular complexity index is 1290. The fourth-order valence-corrected chi connectivity index (χ4v) is 6.77. The Morgan fingerprint density at radius 3 is 1.53 bits per heavy atom. The van der Waals surface area contributed by atoms with E-state index < -0.39 is 20.0 Å². The first-order valence-corrected chi connectivity index (χ1v) is 25.1. The minimum Gasteiger partial charge on any atom is -0.387 e. The summed E-state index contributed by atoms with van der Waals surface area (Å²) in [5.74, 6) is -0.227. The largest absolute Gasteiger partial charge is 0.472 e. The highest BCUT2D eigenvalue weighted by Crippen LogP contribution is 2.43. The zero-order valence-corrected chi connectivity index (χ0v) is 39.8. The van der Waals surface area contributed by atoms with Crippen molar-refractivity contribution < 1.29 is 32.9 Å². The number of amides is 1. The van der Waals surface area contributed by atoms with Crippen LogP contribution in [0.5, 0.6) is 0 Å². The molecule has 0 radical (unpaired) electrons. The molecule has 344 valence electrons. The predicted octanol–water partition coefficient (Wildman–Crippen LogP) is 13.5. The van der Waals surface area contributed by atoms with E-state index in [-0.39, 0.29) is 19.1 Å². The van der Waals surface area contributed by atoms with Gasteiger partial charge in [-0.2, -0.15) is 0 Å². The third-order valence-electron chi connectivity index (χ3n) is 9.77. The number of hydrogen-bond donors (Lipinski definition) is 3. The smallest absolute Gasteiger partial charge is 0.387 e. The molecule has 8 nitrogen and oxygen atoms in total. The second-order valence-corrected chi connectivity index (χ2v) is 18.2. The van der Waals surface area contributed by atoms with Crippen molar-refractivity contribution in [1.29, 1.82) is 0 Å². The maximum Gasteiger partial charge on any atom is 0.472 e. The molecule has 0 aliphatic carbocycles. The van der Waals surface area contributed by atoms with Gasteiger partial charge in [0.2, 0.25) is 5.91 Å². The summed E-state index contributed by atoms with van der Waals surface area (Å²) < 4.78 is 23.5. The van der Waals surface area contributed by atoms with Crippen molar-refractivity contribution in [2.24, 2.45) is 0 Å². The van der Waals surface area contributed by atoms with Gasteiger partial charge in [-0.05, 0) is 89.9 Å². The maximum absolute atomic E-state index is 12.9. The number of likely N-dealkylation sites (N-methyl/N-ethyl adjacent to an activating group) is 1. The van der Waals surface area contributed by atoms with Gasteiger partial charge in [-0.15, -0.1) is 0 Å². The second kappa shape index (κ2) is 41.8. The van der Waals surface area contributed by atoms with E-state index in [4.69, 9.17) is 9.05 Å². The van der Waals surface area contributed by atoms with E-state index in [1.807, 2.05) is 27.2 Å². The monoisotopic (exact) mass is 858 g/mol. The zero-order valence-electron chi connectivity index (χ0n) is 38.9. The Morgan fingerprint density at radius 1 is 0.583 bits per heavy atom. The highest BCUT2D eigenvalue weighted by molar-refractivity contribution is 7.47. The van der Waals surface area contributed by atoms with Gasteiger partial charge in [-0.25, -0.2) is 4.57 Å². The van der Waals surface area contributed by atoms with Crippen molar-refractivity contribution >= 4 is 13.7 Å². The van der Waals surface area contributed by atoms with Crippen LogP contribution in [0.2, 0.25) is 0 Å². The molecule has 3 atom stereocenters. The molecule has 3 N–H and O–H groups in total. The predicted molar refractivity (Wildman–Crippen MR) is 258 cm³/mol. The number of allylic oxidation sites excluding steroid dienone is 15. The number of unbranched alkanes of at least 4 members (excludes halogenated alkanes) is 14. The van der Waals surface area contributed by atoms with Gasteiger partial charge in [-0.3, -0.25) is 13.8 Å². The molecule has 0 aromatic rings. The molecule has 0 rings (SSSR count). The Kier molecular flexibility index (Phi) is 40.0. The molecule has 0 heterocycles. The molecule has 0 saturated carbocycles. The van der Waals surface area contributed by atoms with Gasteiger partial charge in [0.1, 0.15) is 13.2 Å². The van der Waals surface area contributed by atoms with Gasteiger partial charge >= 0.3 is 7.82 Å². The molecular formula is C51H90N2O6P+. The van der Waals surface area contributed by atoms with E-state index in [9.17, 15) is 19.4 Å². The Balaban J connectivity index is 4.56. The van der Waals surface area contributed by atoms with E-state index in [2.05, 4.69) is 104 Å². The van der Waals surface area contributed by atoms with Crippen LogP contribution in [0.3, 0.4) is 0 Å². The van der Waals surface area contributed by atoms with Crippen LogP contribution in [0, 0.1) is 0 Å². The lowest BCUT2D eigenvalue weighted by atomic mass is 10.1. The average Bonchev–Trinajstić information content (AvgIpc) is 3.20.